The van der Waals surface area contributed by atoms with Crippen LogP contribution < -0.4 is 0 Å². The second kappa shape index (κ2) is 4.71. The zero-order chi connectivity index (χ0) is 10.6. The number of hydrogen-bond donors (Lipinski definition) is 1. The maximum absolute atomic E-state index is 9.91. The Kier molecular flexibility index (Phi) is 3.84. The molecule has 0 bridgehead atoms. The van der Waals surface area contributed by atoms with Crippen LogP contribution in [0.25, 0.3) is 0 Å². The first-order valence-corrected chi connectivity index (χ1v) is 4.43. The molecule has 0 amide bonds. The highest BCUT2D eigenvalue weighted by molar-refractivity contribution is 5.07. The van der Waals surface area contributed by atoms with E-state index < -0.39 is 17.8 Å². The van der Waals surface area contributed by atoms with Crippen LogP contribution in [-0.4, -0.2) is 44.9 Å². The first-order chi connectivity index (χ1) is 6.70. The van der Waals surface area contributed by atoms with Gasteiger partial charge in [-0.3, -0.25) is 0 Å². The van der Waals surface area contributed by atoms with Crippen molar-refractivity contribution >= 4 is 0 Å². The van der Waals surface area contributed by atoms with Crippen molar-refractivity contribution in [3.63, 3.8) is 0 Å². The Morgan fingerprint density at radius 3 is 2.50 bits per heavy atom. The molecule has 1 aliphatic rings. The highest BCUT2D eigenvalue weighted by atomic mass is 16.7. The third-order valence-electron chi connectivity index (χ3n) is 2.56. The first kappa shape index (κ1) is 11.4. The van der Waals surface area contributed by atoms with E-state index in [9.17, 15) is 5.11 Å². The Morgan fingerprint density at radius 2 is 2.14 bits per heavy atom. The molecule has 0 aromatic rings. The summed E-state index contributed by atoms with van der Waals surface area (Å²) in [7, 11) is 2.86. The average Bonchev–Trinajstić information content (AvgIpc) is 2.69. The van der Waals surface area contributed by atoms with Crippen molar-refractivity contribution in [2.45, 2.75) is 18.8 Å². The largest absolute Gasteiger partial charge is 0.386 e. The Hall–Kier alpha value is -0.670. The van der Waals surface area contributed by atoms with E-state index >= 15 is 0 Å². The molecule has 0 aromatic carbocycles. The van der Waals surface area contributed by atoms with E-state index in [0.717, 1.165) is 0 Å². The number of rotatable bonds is 4. The molecule has 1 fully saturated rings. The third kappa shape index (κ3) is 1.88. The molecule has 1 rings (SSSR count). The Balaban J connectivity index is 2.74. The van der Waals surface area contributed by atoms with Crippen LogP contribution in [0.5, 0.6) is 0 Å². The zero-order valence-corrected chi connectivity index (χ0v) is 8.40. The molecule has 5 nitrogen and oxygen atoms in total. The molecule has 2 unspecified atom stereocenters. The number of aliphatic hydroxyl groups is 1. The molecule has 0 spiro atoms. The minimum atomic E-state index is -0.981. The van der Waals surface area contributed by atoms with Gasteiger partial charge in [0, 0.05) is 20.8 Å². The summed E-state index contributed by atoms with van der Waals surface area (Å²) < 4.78 is 15.0. The van der Waals surface area contributed by atoms with Crippen molar-refractivity contribution < 1.29 is 19.3 Å². The second-order valence-corrected chi connectivity index (χ2v) is 3.36. The van der Waals surface area contributed by atoms with Gasteiger partial charge in [-0.05, 0) is 6.42 Å². The number of aliphatic hydroxyl groups excluding tert-OH is 1. The number of ether oxygens (including phenoxy) is 3. The summed E-state index contributed by atoms with van der Waals surface area (Å²) in [5.74, 6) is 0. The van der Waals surface area contributed by atoms with Crippen LogP contribution >= 0.6 is 0 Å². The van der Waals surface area contributed by atoms with Gasteiger partial charge in [-0.15, -0.1) is 0 Å². The molecule has 0 radical (unpaired) electrons. The van der Waals surface area contributed by atoms with Crippen molar-refractivity contribution in [2.75, 3.05) is 27.4 Å². The number of nitrogens with zero attached hydrogens (tertiary/aromatic N) is 1. The quantitative estimate of drug-likeness (QED) is 0.643. The summed E-state index contributed by atoms with van der Waals surface area (Å²) in [6, 6.07) is 2.09. The standard InChI is InChI=1S/C9H15NO4/c1-12-8(13-2)7(11)9(5-10)3-4-14-6-9/h7-8,11H,3-4,6H2,1-2H3. The molecule has 80 valence electrons. The molecular weight excluding hydrogens is 186 g/mol. The predicted octanol–water partition coefficient (Wildman–Crippen LogP) is -0.104. The number of hydrogen-bond acceptors (Lipinski definition) is 5. The summed E-state index contributed by atoms with van der Waals surface area (Å²) in [6.45, 7) is 0.721. The van der Waals surface area contributed by atoms with Gasteiger partial charge in [0.25, 0.3) is 0 Å². The van der Waals surface area contributed by atoms with Crippen LogP contribution in [0, 0.1) is 16.7 Å². The van der Waals surface area contributed by atoms with E-state index in [4.69, 9.17) is 19.5 Å². The lowest BCUT2D eigenvalue weighted by Crippen LogP contribution is -2.44. The van der Waals surface area contributed by atoms with E-state index in [1.807, 2.05) is 0 Å². The molecular formula is C9H15NO4. The van der Waals surface area contributed by atoms with Gasteiger partial charge >= 0.3 is 0 Å². The van der Waals surface area contributed by atoms with Gasteiger partial charge < -0.3 is 19.3 Å². The molecule has 2 atom stereocenters. The summed E-state index contributed by atoms with van der Waals surface area (Å²) in [5, 5.41) is 18.9. The topological polar surface area (TPSA) is 71.7 Å². The molecule has 14 heavy (non-hydrogen) atoms. The summed E-state index contributed by atoms with van der Waals surface area (Å²) in [5.41, 5.74) is -0.892. The molecule has 1 N–H and O–H groups in total. The maximum Gasteiger partial charge on any atom is 0.184 e. The lowest BCUT2D eigenvalue weighted by Gasteiger charge is -2.30. The van der Waals surface area contributed by atoms with Crippen LogP contribution in [0.2, 0.25) is 0 Å². The third-order valence-corrected chi connectivity index (χ3v) is 2.56. The van der Waals surface area contributed by atoms with Gasteiger partial charge in [0.2, 0.25) is 0 Å². The lowest BCUT2D eigenvalue weighted by atomic mass is 9.82. The molecule has 5 heteroatoms. The van der Waals surface area contributed by atoms with Crippen LogP contribution in [0.3, 0.4) is 0 Å². The minimum Gasteiger partial charge on any atom is -0.386 e. The Labute approximate surface area is 83.2 Å². The fourth-order valence-corrected chi connectivity index (χ4v) is 1.58. The van der Waals surface area contributed by atoms with Crippen molar-refractivity contribution in [3.8, 4) is 6.07 Å². The predicted molar refractivity (Wildman–Crippen MR) is 47.3 cm³/mol. The Morgan fingerprint density at radius 1 is 1.50 bits per heavy atom. The summed E-state index contributed by atoms with van der Waals surface area (Å²) in [6.07, 6.45) is -1.25. The monoisotopic (exact) mass is 201 g/mol. The number of nitriles is 1. The molecule has 0 aliphatic carbocycles. The van der Waals surface area contributed by atoms with Crippen molar-refractivity contribution in [1.29, 1.82) is 5.26 Å². The van der Waals surface area contributed by atoms with E-state index in [1.54, 1.807) is 0 Å². The average molecular weight is 201 g/mol. The van der Waals surface area contributed by atoms with Gasteiger partial charge in [0.1, 0.15) is 11.5 Å². The van der Waals surface area contributed by atoms with E-state index in [-0.39, 0.29) is 6.61 Å². The lowest BCUT2D eigenvalue weighted by molar-refractivity contribution is -0.189. The van der Waals surface area contributed by atoms with Crippen LogP contribution in [0.4, 0.5) is 0 Å². The molecule has 1 heterocycles. The SMILES string of the molecule is COC(OC)C(O)C1(C#N)CCOC1. The zero-order valence-electron chi connectivity index (χ0n) is 8.40. The second-order valence-electron chi connectivity index (χ2n) is 3.36. The van der Waals surface area contributed by atoms with Gasteiger partial charge in [0.05, 0.1) is 12.7 Å². The fourth-order valence-electron chi connectivity index (χ4n) is 1.58. The van der Waals surface area contributed by atoms with Gasteiger partial charge in [-0.1, -0.05) is 0 Å². The van der Waals surface area contributed by atoms with Crippen molar-refractivity contribution in [1.82, 2.24) is 0 Å². The van der Waals surface area contributed by atoms with Gasteiger partial charge in [-0.2, -0.15) is 5.26 Å². The minimum absolute atomic E-state index is 0.230. The summed E-state index contributed by atoms with van der Waals surface area (Å²) in [4.78, 5) is 0. The highest BCUT2D eigenvalue weighted by Gasteiger charge is 2.46. The Bertz CT molecular complexity index is 215. The normalized spacial score (nSPS) is 29.1. The highest BCUT2D eigenvalue weighted by Crippen LogP contribution is 2.33. The van der Waals surface area contributed by atoms with Gasteiger partial charge in [-0.25, -0.2) is 0 Å². The fraction of sp³-hybridized carbons (Fsp3) is 0.889. The first-order valence-electron chi connectivity index (χ1n) is 4.43. The van der Waals surface area contributed by atoms with Crippen LogP contribution in [0.15, 0.2) is 0 Å². The summed E-state index contributed by atoms with van der Waals surface area (Å²) >= 11 is 0. The molecule has 0 saturated carbocycles. The molecule has 1 aliphatic heterocycles. The van der Waals surface area contributed by atoms with E-state index in [2.05, 4.69) is 6.07 Å². The van der Waals surface area contributed by atoms with Gasteiger partial charge in [0.15, 0.2) is 6.29 Å². The smallest absolute Gasteiger partial charge is 0.184 e. The molecule has 0 aromatic heterocycles. The van der Waals surface area contributed by atoms with Crippen LogP contribution in [0.1, 0.15) is 6.42 Å². The number of methoxy groups -OCH3 is 2. The van der Waals surface area contributed by atoms with Crippen molar-refractivity contribution in [3.05, 3.63) is 0 Å². The molecule has 1 saturated heterocycles. The van der Waals surface area contributed by atoms with Crippen LogP contribution in [-0.2, 0) is 14.2 Å². The maximum atomic E-state index is 9.91. The van der Waals surface area contributed by atoms with E-state index in [0.29, 0.717) is 13.0 Å². The van der Waals surface area contributed by atoms with Crippen molar-refractivity contribution in [2.24, 2.45) is 5.41 Å². The van der Waals surface area contributed by atoms with E-state index in [1.165, 1.54) is 14.2 Å².